The summed E-state index contributed by atoms with van der Waals surface area (Å²) in [5, 5.41) is 7.15. The van der Waals surface area contributed by atoms with Crippen LogP contribution in [0.3, 0.4) is 0 Å². The third-order valence-electron chi connectivity index (χ3n) is 3.69. The first-order valence-corrected chi connectivity index (χ1v) is 9.69. The third kappa shape index (κ3) is 6.86. The zero-order chi connectivity index (χ0) is 19.8. The van der Waals surface area contributed by atoms with Gasteiger partial charge in [-0.3, -0.25) is 14.4 Å². The van der Waals surface area contributed by atoms with Crippen molar-refractivity contribution in [1.29, 1.82) is 0 Å². The molecular formula is C20H25N3O3S. The number of nitrogens with zero attached hydrogens (tertiary/aromatic N) is 1. The van der Waals surface area contributed by atoms with Gasteiger partial charge in [0.25, 0.3) is 5.91 Å². The molecule has 1 heterocycles. The van der Waals surface area contributed by atoms with Gasteiger partial charge in [0.2, 0.25) is 11.8 Å². The normalized spacial score (nSPS) is 10.5. The molecule has 7 heteroatoms. The molecule has 0 unspecified atom stereocenters. The summed E-state index contributed by atoms with van der Waals surface area (Å²) in [6.07, 6.45) is 0. The Labute approximate surface area is 163 Å². The van der Waals surface area contributed by atoms with Gasteiger partial charge in [0.15, 0.2) is 0 Å². The molecular weight excluding hydrogens is 362 g/mol. The second-order valence-electron chi connectivity index (χ2n) is 6.75. The van der Waals surface area contributed by atoms with Gasteiger partial charge in [-0.25, -0.2) is 0 Å². The monoisotopic (exact) mass is 387 g/mol. The van der Waals surface area contributed by atoms with E-state index >= 15 is 0 Å². The van der Waals surface area contributed by atoms with Crippen LogP contribution in [0.5, 0.6) is 0 Å². The lowest BCUT2D eigenvalue weighted by atomic mass is 10.2. The smallest absolute Gasteiger partial charge is 0.264 e. The second kappa shape index (κ2) is 9.87. The number of carbonyl (C=O) groups is 3. The summed E-state index contributed by atoms with van der Waals surface area (Å²) in [4.78, 5) is 38.9. The Morgan fingerprint density at radius 1 is 1.11 bits per heavy atom. The number of hydrogen-bond acceptors (Lipinski definition) is 4. The Hall–Kier alpha value is -2.67. The van der Waals surface area contributed by atoms with E-state index in [1.54, 1.807) is 18.2 Å². The molecule has 0 spiro atoms. The zero-order valence-corrected chi connectivity index (χ0v) is 16.6. The summed E-state index contributed by atoms with van der Waals surface area (Å²) >= 11 is 1.35. The average Bonchev–Trinajstić information content (AvgIpc) is 3.13. The topological polar surface area (TPSA) is 78.5 Å². The molecule has 6 nitrogen and oxygen atoms in total. The van der Waals surface area contributed by atoms with Crippen LogP contribution in [0, 0.1) is 12.8 Å². The van der Waals surface area contributed by atoms with Crippen LogP contribution in [-0.4, -0.2) is 42.3 Å². The van der Waals surface area contributed by atoms with Crippen molar-refractivity contribution in [3.05, 3.63) is 52.2 Å². The van der Waals surface area contributed by atoms with Crippen molar-refractivity contribution >= 4 is 34.7 Å². The molecule has 2 N–H and O–H groups in total. The Balaban J connectivity index is 1.87. The van der Waals surface area contributed by atoms with E-state index in [9.17, 15) is 14.4 Å². The Morgan fingerprint density at radius 3 is 2.52 bits per heavy atom. The Kier molecular flexibility index (Phi) is 7.55. The lowest BCUT2D eigenvalue weighted by Gasteiger charge is -2.23. The number of amides is 3. The van der Waals surface area contributed by atoms with Gasteiger partial charge in [-0.1, -0.05) is 32.0 Å². The summed E-state index contributed by atoms with van der Waals surface area (Å²) in [6.45, 7) is 6.16. The highest BCUT2D eigenvalue weighted by Crippen LogP contribution is 2.13. The van der Waals surface area contributed by atoms with E-state index in [1.165, 1.54) is 16.2 Å². The van der Waals surface area contributed by atoms with Gasteiger partial charge in [-0.15, -0.1) is 11.3 Å². The van der Waals surface area contributed by atoms with Crippen molar-refractivity contribution in [2.75, 3.05) is 25.0 Å². The van der Waals surface area contributed by atoms with Gasteiger partial charge < -0.3 is 15.5 Å². The molecule has 2 rings (SSSR count). The standard InChI is InChI=1S/C20H25N3O3S/c1-14(2)12-23(20(26)17-8-5-9-27-17)13-19(25)21-11-18(24)22-16-7-4-6-15(3)10-16/h4-10,14H,11-13H2,1-3H3,(H,21,25)(H,22,24). The summed E-state index contributed by atoms with van der Waals surface area (Å²) < 4.78 is 0. The predicted octanol–water partition coefficient (Wildman–Crippen LogP) is 2.91. The number of thiophene rings is 1. The first-order valence-electron chi connectivity index (χ1n) is 8.81. The van der Waals surface area contributed by atoms with E-state index in [-0.39, 0.29) is 36.7 Å². The number of aryl methyl sites for hydroxylation is 1. The SMILES string of the molecule is Cc1cccc(NC(=O)CNC(=O)CN(CC(C)C)C(=O)c2cccs2)c1. The van der Waals surface area contributed by atoms with Gasteiger partial charge in [-0.2, -0.15) is 0 Å². The maximum atomic E-state index is 12.6. The number of carbonyl (C=O) groups excluding carboxylic acids is 3. The van der Waals surface area contributed by atoms with E-state index in [2.05, 4.69) is 10.6 Å². The first kappa shape index (κ1) is 20.6. The van der Waals surface area contributed by atoms with Crippen LogP contribution in [0.25, 0.3) is 0 Å². The fraction of sp³-hybridized carbons (Fsp3) is 0.350. The molecule has 2 aromatic rings. The molecule has 0 fully saturated rings. The summed E-state index contributed by atoms with van der Waals surface area (Å²) in [7, 11) is 0. The van der Waals surface area contributed by atoms with Crippen LogP contribution in [0.15, 0.2) is 41.8 Å². The third-order valence-corrected chi connectivity index (χ3v) is 4.54. The highest BCUT2D eigenvalue weighted by molar-refractivity contribution is 7.12. The number of nitrogens with one attached hydrogen (secondary N) is 2. The van der Waals surface area contributed by atoms with Gasteiger partial charge in [0, 0.05) is 12.2 Å². The largest absolute Gasteiger partial charge is 0.345 e. The van der Waals surface area contributed by atoms with E-state index in [4.69, 9.17) is 0 Å². The molecule has 0 aliphatic rings. The lowest BCUT2D eigenvalue weighted by Crippen LogP contribution is -2.44. The fourth-order valence-corrected chi connectivity index (χ4v) is 3.24. The molecule has 3 amide bonds. The van der Waals surface area contributed by atoms with E-state index in [1.807, 2.05) is 44.4 Å². The zero-order valence-electron chi connectivity index (χ0n) is 15.8. The minimum Gasteiger partial charge on any atom is -0.345 e. The van der Waals surface area contributed by atoms with Gasteiger partial charge in [0.1, 0.15) is 0 Å². The molecule has 0 bridgehead atoms. The molecule has 0 atom stereocenters. The van der Waals surface area contributed by atoms with Crippen molar-refractivity contribution in [2.24, 2.45) is 5.92 Å². The van der Waals surface area contributed by atoms with Crippen molar-refractivity contribution in [3.8, 4) is 0 Å². The summed E-state index contributed by atoms with van der Waals surface area (Å²) in [6, 6.07) is 11.0. The summed E-state index contributed by atoms with van der Waals surface area (Å²) in [5.74, 6) is -0.613. The molecule has 0 saturated heterocycles. The van der Waals surface area contributed by atoms with Crippen molar-refractivity contribution in [1.82, 2.24) is 10.2 Å². The van der Waals surface area contributed by atoms with Crippen molar-refractivity contribution < 1.29 is 14.4 Å². The quantitative estimate of drug-likeness (QED) is 0.731. The predicted molar refractivity (Wildman–Crippen MR) is 108 cm³/mol. The molecule has 0 saturated carbocycles. The number of hydrogen-bond donors (Lipinski definition) is 2. The molecule has 1 aromatic carbocycles. The van der Waals surface area contributed by atoms with Crippen LogP contribution in [-0.2, 0) is 9.59 Å². The van der Waals surface area contributed by atoms with Crippen LogP contribution >= 0.6 is 11.3 Å². The van der Waals surface area contributed by atoms with Gasteiger partial charge in [-0.05, 0) is 42.0 Å². The molecule has 0 aliphatic carbocycles. The van der Waals surface area contributed by atoms with E-state index in [0.717, 1.165) is 5.56 Å². The van der Waals surface area contributed by atoms with E-state index < -0.39 is 0 Å². The maximum Gasteiger partial charge on any atom is 0.264 e. The number of rotatable bonds is 8. The Bertz CT molecular complexity index is 788. The van der Waals surface area contributed by atoms with Crippen molar-refractivity contribution in [2.45, 2.75) is 20.8 Å². The Morgan fingerprint density at radius 2 is 1.89 bits per heavy atom. The average molecular weight is 388 g/mol. The molecule has 144 valence electrons. The fourth-order valence-electron chi connectivity index (χ4n) is 2.55. The first-order chi connectivity index (χ1) is 12.8. The molecule has 0 aliphatic heterocycles. The summed E-state index contributed by atoms with van der Waals surface area (Å²) in [5.41, 5.74) is 1.72. The van der Waals surface area contributed by atoms with Gasteiger partial charge in [0.05, 0.1) is 18.0 Å². The van der Waals surface area contributed by atoms with Crippen molar-refractivity contribution in [3.63, 3.8) is 0 Å². The van der Waals surface area contributed by atoms with Crippen LogP contribution in [0.1, 0.15) is 29.1 Å². The molecule has 0 radical (unpaired) electrons. The minimum atomic E-state index is -0.361. The number of benzene rings is 1. The van der Waals surface area contributed by atoms with E-state index in [0.29, 0.717) is 17.1 Å². The van der Waals surface area contributed by atoms with Crippen LogP contribution < -0.4 is 10.6 Å². The second-order valence-corrected chi connectivity index (χ2v) is 7.70. The minimum absolute atomic E-state index is 0.0767. The molecule has 27 heavy (non-hydrogen) atoms. The maximum absolute atomic E-state index is 12.6. The number of anilines is 1. The molecule has 1 aromatic heterocycles. The highest BCUT2D eigenvalue weighted by atomic mass is 32.1. The highest BCUT2D eigenvalue weighted by Gasteiger charge is 2.20. The van der Waals surface area contributed by atoms with Crippen LogP contribution in [0.4, 0.5) is 5.69 Å². The van der Waals surface area contributed by atoms with Crippen LogP contribution in [0.2, 0.25) is 0 Å². The van der Waals surface area contributed by atoms with Gasteiger partial charge >= 0.3 is 0 Å². The lowest BCUT2D eigenvalue weighted by molar-refractivity contribution is -0.124.